The zero-order valence-corrected chi connectivity index (χ0v) is 16.1. The van der Waals surface area contributed by atoms with E-state index in [0.29, 0.717) is 24.6 Å². The standard InChI is InChI=1S/C21H21N3O3S/c25-28(26,23-19-4-2-1-3-5-19)20-7-6-18-16-24(12-13-27-21(18)14-20)15-17-8-10-22-11-9-17/h1-11,14H,12-13,15-16H2,(H-,23,25,26). The lowest BCUT2D eigenvalue weighted by Gasteiger charge is -2.19. The number of sulfonamides is 1. The fourth-order valence-corrected chi connectivity index (χ4v) is 4.25. The summed E-state index contributed by atoms with van der Waals surface area (Å²) in [6.07, 6.45) is 3.57. The molecule has 4 rings (SSSR count). The van der Waals surface area contributed by atoms with Crippen molar-refractivity contribution in [3.8, 4) is 5.75 Å². The summed E-state index contributed by atoms with van der Waals surface area (Å²) >= 11 is 0. The van der Waals surface area contributed by atoms with E-state index in [9.17, 15) is 8.76 Å². The zero-order chi connectivity index (χ0) is 19.4. The van der Waals surface area contributed by atoms with Crippen LogP contribution in [0.2, 0.25) is 0 Å². The van der Waals surface area contributed by atoms with E-state index in [-0.39, 0.29) is 4.90 Å². The van der Waals surface area contributed by atoms with E-state index < -0.39 is 10.4 Å². The molecule has 1 aliphatic heterocycles. The van der Waals surface area contributed by atoms with E-state index in [4.69, 9.17) is 4.74 Å². The molecule has 0 amide bonds. The number of benzene rings is 2. The van der Waals surface area contributed by atoms with Crippen LogP contribution in [0.1, 0.15) is 11.1 Å². The minimum absolute atomic E-state index is 0.192. The lowest BCUT2D eigenvalue weighted by atomic mass is 10.1. The Balaban J connectivity index is 1.52. The first kappa shape index (κ1) is 18.6. The number of nitrogens with one attached hydrogen (secondary N) is 1. The van der Waals surface area contributed by atoms with Crippen LogP contribution in [0, 0.1) is 0 Å². The van der Waals surface area contributed by atoms with E-state index in [1.807, 2.05) is 24.3 Å². The maximum absolute atomic E-state index is 12.7. The highest BCUT2D eigenvalue weighted by molar-refractivity contribution is 7.98. The van der Waals surface area contributed by atoms with Gasteiger partial charge in [0.05, 0.1) is 5.69 Å². The van der Waals surface area contributed by atoms with Gasteiger partial charge in [0, 0.05) is 43.7 Å². The van der Waals surface area contributed by atoms with Gasteiger partial charge >= 0.3 is 0 Å². The SMILES string of the molecule is O=[S+]([O-])(Nc1ccccc1)c1ccc2c(c1)OCCN(Cc1ccncc1)C2. The minimum Gasteiger partial charge on any atom is -0.588 e. The third-order valence-electron chi connectivity index (χ3n) is 4.59. The number of para-hydroxylation sites is 1. The van der Waals surface area contributed by atoms with Crippen LogP contribution >= 0.6 is 0 Å². The summed E-state index contributed by atoms with van der Waals surface area (Å²) in [5.41, 5.74) is 2.69. The van der Waals surface area contributed by atoms with Crippen LogP contribution in [0.3, 0.4) is 0 Å². The Morgan fingerprint density at radius 1 is 1.11 bits per heavy atom. The van der Waals surface area contributed by atoms with E-state index in [2.05, 4.69) is 14.6 Å². The van der Waals surface area contributed by atoms with Crippen molar-refractivity contribution < 1.29 is 13.5 Å². The summed E-state index contributed by atoms with van der Waals surface area (Å²) in [6.45, 7) is 2.76. The van der Waals surface area contributed by atoms with Gasteiger partial charge in [-0.3, -0.25) is 9.88 Å². The second-order valence-electron chi connectivity index (χ2n) is 6.66. The molecule has 2 heterocycles. The van der Waals surface area contributed by atoms with Crippen molar-refractivity contribution in [2.75, 3.05) is 17.9 Å². The van der Waals surface area contributed by atoms with Crippen molar-refractivity contribution in [3.63, 3.8) is 0 Å². The Hall–Kier alpha value is -2.74. The topological polar surface area (TPSA) is 77.5 Å². The average Bonchev–Trinajstić information content (AvgIpc) is 2.90. The third-order valence-corrected chi connectivity index (χ3v) is 5.97. The Morgan fingerprint density at radius 3 is 2.68 bits per heavy atom. The fraction of sp³-hybridized carbons (Fsp3) is 0.190. The van der Waals surface area contributed by atoms with Crippen LogP contribution in [0.25, 0.3) is 0 Å². The van der Waals surface area contributed by atoms with Gasteiger partial charge in [-0.15, -0.1) is 0 Å². The van der Waals surface area contributed by atoms with Gasteiger partial charge in [-0.2, -0.15) is 0 Å². The summed E-state index contributed by atoms with van der Waals surface area (Å²) in [7, 11) is -3.67. The van der Waals surface area contributed by atoms with Crippen LogP contribution in [-0.4, -0.2) is 27.6 Å². The number of hydrogen-bond acceptors (Lipinski definition) is 5. The smallest absolute Gasteiger partial charge is 0.184 e. The Kier molecular flexibility index (Phi) is 5.38. The summed E-state index contributed by atoms with van der Waals surface area (Å²) in [5, 5.41) is 0. The molecule has 7 heteroatoms. The summed E-state index contributed by atoms with van der Waals surface area (Å²) in [4.78, 5) is 6.52. The molecule has 0 radical (unpaired) electrons. The van der Waals surface area contributed by atoms with Crippen molar-refractivity contribution in [1.29, 1.82) is 0 Å². The van der Waals surface area contributed by atoms with Gasteiger partial charge in [0.2, 0.25) is 0 Å². The molecule has 1 N–H and O–H groups in total. The maximum Gasteiger partial charge on any atom is 0.184 e. The number of ether oxygens (including phenoxy) is 1. The lowest BCUT2D eigenvalue weighted by molar-refractivity contribution is 0.219. The normalized spacial score (nSPS) is 16.3. The van der Waals surface area contributed by atoms with Gasteiger partial charge in [-0.05, 0) is 42.0 Å². The van der Waals surface area contributed by atoms with E-state index in [1.165, 1.54) is 5.56 Å². The Bertz CT molecular complexity index is 983. The predicted octanol–water partition coefficient (Wildman–Crippen LogP) is 3.49. The van der Waals surface area contributed by atoms with Gasteiger partial charge in [-0.25, -0.2) is 4.72 Å². The van der Waals surface area contributed by atoms with Crippen molar-refractivity contribution in [2.45, 2.75) is 18.0 Å². The number of hydrogen-bond donors (Lipinski definition) is 1. The number of aromatic nitrogens is 1. The van der Waals surface area contributed by atoms with Crippen LogP contribution in [0.15, 0.2) is 78.0 Å². The van der Waals surface area contributed by atoms with E-state index in [0.717, 1.165) is 18.7 Å². The van der Waals surface area contributed by atoms with Gasteiger partial charge in [0.25, 0.3) is 0 Å². The molecule has 6 nitrogen and oxygen atoms in total. The molecule has 1 aromatic heterocycles. The van der Waals surface area contributed by atoms with E-state index >= 15 is 0 Å². The second kappa shape index (κ2) is 8.10. The molecular formula is C21H21N3O3S. The zero-order valence-electron chi connectivity index (χ0n) is 15.3. The molecule has 0 spiro atoms. The van der Waals surface area contributed by atoms with Crippen LogP contribution in [0.5, 0.6) is 5.75 Å². The maximum atomic E-state index is 12.7. The summed E-state index contributed by atoms with van der Waals surface area (Å²) in [5.74, 6) is 0.619. The molecule has 0 saturated heterocycles. The van der Waals surface area contributed by atoms with Crippen LogP contribution in [0.4, 0.5) is 5.69 Å². The van der Waals surface area contributed by atoms with E-state index in [1.54, 1.807) is 48.8 Å². The predicted molar refractivity (Wildman–Crippen MR) is 107 cm³/mol. The number of nitrogens with zero attached hydrogens (tertiary/aromatic N) is 2. The molecule has 3 aromatic rings. The third kappa shape index (κ3) is 4.39. The summed E-state index contributed by atoms with van der Waals surface area (Å²) < 4.78 is 33.8. The van der Waals surface area contributed by atoms with Gasteiger partial charge in [0.15, 0.2) is 15.3 Å². The van der Waals surface area contributed by atoms with Crippen molar-refractivity contribution in [3.05, 3.63) is 84.2 Å². The number of fused-ring (bicyclic) bond motifs is 1. The second-order valence-corrected chi connectivity index (χ2v) is 8.34. The number of anilines is 1. The molecule has 1 unspecified atom stereocenters. The molecule has 144 valence electrons. The Morgan fingerprint density at radius 2 is 1.89 bits per heavy atom. The highest BCUT2D eigenvalue weighted by Gasteiger charge is 2.24. The monoisotopic (exact) mass is 395 g/mol. The van der Waals surface area contributed by atoms with Gasteiger partial charge in [0.1, 0.15) is 12.4 Å². The lowest BCUT2D eigenvalue weighted by Crippen LogP contribution is -2.25. The molecule has 0 bridgehead atoms. The van der Waals surface area contributed by atoms with Crippen molar-refractivity contribution in [2.24, 2.45) is 0 Å². The Labute approximate surface area is 165 Å². The van der Waals surface area contributed by atoms with Gasteiger partial charge in [-0.1, -0.05) is 22.4 Å². The molecule has 28 heavy (non-hydrogen) atoms. The molecule has 1 atom stereocenters. The molecule has 0 aliphatic carbocycles. The highest BCUT2D eigenvalue weighted by Crippen LogP contribution is 2.29. The molecule has 0 saturated carbocycles. The van der Waals surface area contributed by atoms with Crippen molar-refractivity contribution in [1.82, 2.24) is 9.88 Å². The first-order chi connectivity index (χ1) is 13.6. The number of pyridine rings is 1. The first-order valence-corrected chi connectivity index (χ1v) is 10.5. The quantitative estimate of drug-likeness (QED) is 0.669. The first-order valence-electron chi connectivity index (χ1n) is 9.05. The largest absolute Gasteiger partial charge is 0.588 e. The molecular weight excluding hydrogens is 374 g/mol. The van der Waals surface area contributed by atoms with Crippen LogP contribution in [-0.2, 0) is 27.7 Å². The van der Waals surface area contributed by atoms with Crippen LogP contribution < -0.4 is 9.46 Å². The van der Waals surface area contributed by atoms with Gasteiger partial charge < -0.3 is 9.29 Å². The average molecular weight is 395 g/mol. The fourth-order valence-electron chi connectivity index (χ4n) is 3.17. The summed E-state index contributed by atoms with van der Waals surface area (Å²) in [6, 6.07) is 17.9. The molecule has 1 aliphatic rings. The molecule has 2 aromatic carbocycles. The van der Waals surface area contributed by atoms with Crippen molar-refractivity contribution >= 4 is 16.1 Å². The molecule has 0 fully saturated rings. The number of rotatable bonds is 5. The minimum atomic E-state index is -3.67. The highest BCUT2D eigenvalue weighted by atomic mass is 32.3.